The molecule has 2 aliphatic rings. The summed E-state index contributed by atoms with van der Waals surface area (Å²) in [6.45, 7) is 0.434. The SMILES string of the molecule is COc1ccc([C@@H]2SCC(=O)N2CCC(=O)NC2CC2)cc1OC. The molecule has 1 aliphatic carbocycles. The van der Waals surface area contributed by atoms with Gasteiger partial charge in [-0.1, -0.05) is 6.07 Å². The van der Waals surface area contributed by atoms with Gasteiger partial charge in [0.1, 0.15) is 5.37 Å². The van der Waals surface area contributed by atoms with E-state index in [2.05, 4.69) is 5.32 Å². The Kier molecular flexibility index (Phi) is 5.18. The third-order valence-electron chi connectivity index (χ3n) is 4.18. The zero-order chi connectivity index (χ0) is 17.1. The highest BCUT2D eigenvalue weighted by Gasteiger charge is 2.33. The zero-order valence-electron chi connectivity index (χ0n) is 13.9. The number of carbonyl (C=O) groups excluding carboxylic acids is 2. The van der Waals surface area contributed by atoms with Crippen LogP contribution in [0.5, 0.6) is 11.5 Å². The standard InChI is InChI=1S/C17H22N2O4S/c1-22-13-6-3-11(9-14(13)23-2)17-19(16(21)10-24-17)8-7-15(20)18-12-4-5-12/h3,6,9,12,17H,4-5,7-8,10H2,1-2H3,(H,18,20)/t17-/m0/s1. The average molecular weight is 350 g/mol. The molecule has 130 valence electrons. The van der Waals surface area contributed by atoms with Crippen LogP contribution in [0.15, 0.2) is 18.2 Å². The molecule has 1 aromatic rings. The third kappa shape index (κ3) is 3.77. The van der Waals surface area contributed by atoms with Gasteiger partial charge in [0.2, 0.25) is 11.8 Å². The molecule has 1 saturated carbocycles. The lowest BCUT2D eigenvalue weighted by Crippen LogP contribution is -2.34. The van der Waals surface area contributed by atoms with E-state index >= 15 is 0 Å². The van der Waals surface area contributed by atoms with Crippen molar-refractivity contribution in [2.45, 2.75) is 30.7 Å². The fourth-order valence-electron chi connectivity index (χ4n) is 2.73. The second-order valence-corrected chi connectivity index (χ2v) is 7.03. The van der Waals surface area contributed by atoms with Gasteiger partial charge in [0.25, 0.3) is 0 Å². The van der Waals surface area contributed by atoms with Crippen LogP contribution < -0.4 is 14.8 Å². The van der Waals surface area contributed by atoms with Crippen molar-refractivity contribution in [3.8, 4) is 11.5 Å². The van der Waals surface area contributed by atoms with E-state index in [-0.39, 0.29) is 17.2 Å². The van der Waals surface area contributed by atoms with Gasteiger partial charge in [0.05, 0.1) is 20.0 Å². The number of hydrogen-bond acceptors (Lipinski definition) is 5. The highest BCUT2D eigenvalue weighted by atomic mass is 32.2. The Labute approximate surface area is 145 Å². The Morgan fingerprint density at radius 3 is 2.71 bits per heavy atom. The van der Waals surface area contributed by atoms with Gasteiger partial charge in [-0.05, 0) is 30.5 Å². The molecule has 0 aromatic heterocycles. The highest BCUT2D eigenvalue weighted by Crippen LogP contribution is 2.41. The highest BCUT2D eigenvalue weighted by molar-refractivity contribution is 8.00. The smallest absolute Gasteiger partial charge is 0.233 e. The minimum atomic E-state index is -0.0916. The number of nitrogens with zero attached hydrogens (tertiary/aromatic N) is 1. The van der Waals surface area contributed by atoms with Crippen molar-refractivity contribution in [2.24, 2.45) is 0 Å². The lowest BCUT2D eigenvalue weighted by atomic mass is 10.1. The molecule has 1 atom stereocenters. The van der Waals surface area contributed by atoms with Gasteiger partial charge in [0, 0.05) is 19.0 Å². The van der Waals surface area contributed by atoms with E-state index in [1.165, 1.54) is 0 Å². The van der Waals surface area contributed by atoms with Crippen LogP contribution >= 0.6 is 11.8 Å². The molecule has 3 rings (SSSR count). The Morgan fingerprint density at radius 1 is 1.29 bits per heavy atom. The van der Waals surface area contributed by atoms with Gasteiger partial charge >= 0.3 is 0 Å². The first kappa shape index (κ1) is 17.0. The van der Waals surface area contributed by atoms with Gasteiger partial charge in [0.15, 0.2) is 11.5 Å². The number of nitrogens with one attached hydrogen (secondary N) is 1. The predicted octanol–water partition coefficient (Wildman–Crippen LogP) is 1.95. The predicted molar refractivity (Wildman–Crippen MR) is 92.2 cm³/mol. The van der Waals surface area contributed by atoms with Crippen LogP contribution in [0.2, 0.25) is 0 Å². The van der Waals surface area contributed by atoms with Gasteiger partial charge in [-0.3, -0.25) is 9.59 Å². The first-order chi connectivity index (χ1) is 11.6. The number of hydrogen-bond donors (Lipinski definition) is 1. The molecule has 1 heterocycles. The number of rotatable bonds is 7. The van der Waals surface area contributed by atoms with E-state index in [1.807, 2.05) is 18.2 Å². The largest absolute Gasteiger partial charge is 0.493 e. The number of amides is 2. The van der Waals surface area contributed by atoms with Crippen molar-refractivity contribution in [3.05, 3.63) is 23.8 Å². The molecule has 1 aromatic carbocycles. The van der Waals surface area contributed by atoms with Crippen molar-refractivity contribution in [3.63, 3.8) is 0 Å². The zero-order valence-corrected chi connectivity index (χ0v) is 14.7. The second kappa shape index (κ2) is 7.34. The quantitative estimate of drug-likeness (QED) is 0.814. The van der Waals surface area contributed by atoms with Gasteiger partial charge in [-0.2, -0.15) is 0 Å². The van der Waals surface area contributed by atoms with Gasteiger partial charge in [-0.15, -0.1) is 11.8 Å². The van der Waals surface area contributed by atoms with E-state index < -0.39 is 0 Å². The van der Waals surface area contributed by atoms with Gasteiger partial charge < -0.3 is 19.7 Å². The summed E-state index contributed by atoms with van der Waals surface area (Å²) in [4.78, 5) is 25.9. The number of benzene rings is 1. The Morgan fingerprint density at radius 2 is 2.04 bits per heavy atom. The summed E-state index contributed by atoms with van der Waals surface area (Å²) >= 11 is 1.57. The summed E-state index contributed by atoms with van der Waals surface area (Å²) in [5.74, 6) is 1.82. The normalized spacial score (nSPS) is 20.2. The molecule has 6 nitrogen and oxygen atoms in total. The average Bonchev–Trinajstić information content (AvgIpc) is 3.33. The van der Waals surface area contributed by atoms with E-state index in [4.69, 9.17) is 9.47 Å². The van der Waals surface area contributed by atoms with Crippen LogP contribution in [0, 0.1) is 0 Å². The fourth-order valence-corrected chi connectivity index (χ4v) is 3.94. The van der Waals surface area contributed by atoms with Crippen LogP contribution in [-0.4, -0.2) is 49.3 Å². The van der Waals surface area contributed by atoms with E-state index in [0.717, 1.165) is 18.4 Å². The summed E-state index contributed by atoms with van der Waals surface area (Å²) in [6.07, 6.45) is 2.48. The van der Waals surface area contributed by atoms with E-state index in [0.29, 0.717) is 36.3 Å². The fraction of sp³-hybridized carbons (Fsp3) is 0.529. The molecular formula is C17H22N2O4S. The monoisotopic (exact) mass is 350 g/mol. The molecule has 0 unspecified atom stereocenters. The van der Waals surface area contributed by atoms with Crippen molar-refractivity contribution < 1.29 is 19.1 Å². The lowest BCUT2D eigenvalue weighted by Gasteiger charge is -2.24. The number of thioether (sulfide) groups is 1. The van der Waals surface area contributed by atoms with E-state index in [9.17, 15) is 9.59 Å². The molecule has 2 amide bonds. The number of ether oxygens (including phenoxy) is 2. The summed E-state index contributed by atoms with van der Waals surface area (Å²) < 4.78 is 10.6. The van der Waals surface area contributed by atoms with Crippen LogP contribution in [-0.2, 0) is 9.59 Å². The van der Waals surface area contributed by atoms with Crippen molar-refractivity contribution in [2.75, 3.05) is 26.5 Å². The molecule has 1 saturated heterocycles. The van der Waals surface area contributed by atoms with Crippen molar-refractivity contribution >= 4 is 23.6 Å². The van der Waals surface area contributed by atoms with Crippen LogP contribution in [0.3, 0.4) is 0 Å². The van der Waals surface area contributed by atoms with Crippen LogP contribution in [0.4, 0.5) is 0 Å². The maximum atomic E-state index is 12.2. The molecule has 2 fully saturated rings. The Balaban J connectivity index is 1.68. The molecule has 7 heteroatoms. The summed E-state index contributed by atoms with van der Waals surface area (Å²) in [6, 6.07) is 6.03. The molecule has 0 radical (unpaired) electrons. The Bertz CT molecular complexity index is 633. The first-order valence-corrected chi connectivity index (χ1v) is 9.09. The maximum Gasteiger partial charge on any atom is 0.233 e. The van der Waals surface area contributed by atoms with Gasteiger partial charge in [-0.25, -0.2) is 0 Å². The molecule has 24 heavy (non-hydrogen) atoms. The molecule has 0 bridgehead atoms. The summed E-state index contributed by atoms with van der Waals surface area (Å²) in [5.41, 5.74) is 0.978. The molecule has 1 aliphatic heterocycles. The van der Waals surface area contributed by atoms with Crippen LogP contribution in [0.25, 0.3) is 0 Å². The second-order valence-electron chi connectivity index (χ2n) is 5.96. The first-order valence-electron chi connectivity index (χ1n) is 8.04. The van der Waals surface area contributed by atoms with E-state index in [1.54, 1.807) is 30.9 Å². The molecule has 0 spiro atoms. The van der Waals surface area contributed by atoms with Crippen LogP contribution in [0.1, 0.15) is 30.2 Å². The molecule has 1 N–H and O–H groups in total. The lowest BCUT2D eigenvalue weighted by molar-refractivity contribution is -0.129. The van der Waals surface area contributed by atoms with Crippen molar-refractivity contribution in [1.29, 1.82) is 0 Å². The minimum Gasteiger partial charge on any atom is -0.493 e. The van der Waals surface area contributed by atoms with Crippen molar-refractivity contribution in [1.82, 2.24) is 10.2 Å². The summed E-state index contributed by atoms with van der Waals surface area (Å²) in [7, 11) is 3.19. The Hall–Kier alpha value is -1.89. The topological polar surface area (TPSA) is 67.9 Å². The third-order valence-corrected chi connectivity index (χ3v) is 5.44. The molecular weight excluding hydrogens is 328 g/mol. The number of carbonyl (C=O) groups is 2. The summed E-state index contributed by atoms with van der Waals surface area (Å²) in [5, 5.41) is 2.87. The minimum absolute atomic E-state index is 0.0215. The maximum absolute atomic E-state index is 12.2. The number of methoxy groups -OCH3 is 2.